The zero-order valence-corrected chi connectivity index (χ0v) is 20.3. The smallest absolute Gasteiger partial charge is 0.326 e. The summed E-state index contributed by atoms with van der Waals surface area (Å²) in [4.78, 5) is 59.6. The maximum Gasteiger partial charge on any atom is 0.326 e. The molecule has 2 N–H and O–H groups in total. The van der Waals surface area contributed by atoms with Crippen LogP contribution in [0.5, 0.6) is 0 Å². The van der Waals surface area contributed by atoms with Crippen LogP contribution in [0.4, 0.5) is 10.6 Å². The Hall–Kier alpha value is -3.83. The molecular weight excluding hydrogens is 454 g/mol. The fraction of sp³-hybridized carbons (Fsp3) is 0.522. The largest absolute Gasteiger partial charge is 0.454 e. The van der Waals surface area contributed by atoms with Gasteiger partial charge in [-0.2, -0.15) is 9.78 Å². The van der Waals surface area contributed by atoms with Crippen molar-refractivity contribution in [3.63, 3.8) is 0 Å². The average Bonchev–Trinajstić information content (AvgIpc) is 3.26. The van der Waals surface area contributed by atoms with Crippen molar-refractivity contribution >= 4 is 29.6 Å². The highest BCUT2D eigenvalue weighted by atomic mass is 16.5. The van der Waals surface area contributed by atoms with Crippen molar-refractivity contribution in [2.75, 3.05) is 18.5 Å². The quantitative estimate of drug-likeness (QED) is 0.465. The fourth-order valence-electron chi connectivity index (χ4n) is 4.46. The molecule has 0 unspecified atom stereocenters. The van der Waals surface area contributed by atoms with Crippen LogP contribution in [0.3, 0.4) is 0 Å². The molecule has 0 atom stereocenters. The van der Waals surface area contributed by atoms with Crippen molar-refractivity contribution in [1.29, 1.82) is 0 Å². The highest BCUT2D eigenvalue weighted by Gasteiger charge is 2.52. The van der Waals surface area contributed by atoms with Crippen LogP contribution in [0.2, 0.25) is 0 Å². The Morgan fingerprint density at radius 1 is 1.11 bits per heavy atom. The molecule has 1 saturated carbocycles. The number of anilines is 1. The third-order valence-electron chi connectivity index (χ3n) is 6.28. The van der Waals surface area contributed by atoms with E-state index in [0.717, 1.165) is 29.1 Å². The summed E-state index contributed by atoms with van der Waals surface area (Å²) in [5, 5.41) is 9.71. The van der Waals surface area contributed by atoms with Gasteiger partial charge < -0.3 is 15.4 Å². The third-order valence-corrected chi connectivity index (χ3v) is 6.28. The molecule has 2 aromatic rings. The lowest BCUT2D eigenvalue weighted by atomic mass is 9.77. The number of nitrogens with zero attached hydrogens (tertiary/aromatic N) is 5. The highest BCUT2D eigenvalue weighted by Crippen LogP contribution is 2.36. The molecule has 3 heterocycles. The van der Waals surface area contributed by atoms with Gasteiger partial charge in [0.15, 0.2) is 6.61 Å². The minimum Gasteiger partial charge on any atom is -0.454 e. The van der Waals surface area contributed by atoms with Crippen LogP contribution in [-0.2, 0) is 19.1 Å². The van der Waals surface area contributed by atoms with Gasteiger partial charge >= 0.3 is 12.0 Å². The molecule has 4 amide bonds. The minimum absolute atomic E-state index is 0.299. The van der Waals surface area contributed by atoms with Crippen LogP contribution < -0.4 is 10.6 Å². The predicted octanol–water partition coefficient (Wildman–Crippen LogP) is 1.57. The van der Waals surface area contributed by atoms with Gasteiger partial charge in [0.05, 0.1) is 5.69 Å². The number of aryl methyl sites for hydroxylation is 3. The molecular formula is C23H29N7O5. The van der Waals surface area contributed by atoms with Gasteiger partial charge in [-0.1, -0.05) is 6.92 Å². The lowest BCUT2D eigenvalue weighted by Gasteiger charge is -2.33. The fourth-order valence-corrected chi connectivity index (χ4v) is 4.46. The van der Waals surface area contributed by atoms with Crippen LogP contribution in [0.15, 0.2) is 12.1 Å². The first-order valence-corrected chi connectivity index (χ1v) is 11.6. The number of carbonyl (C=O) groups excluding carboxylic acids is 4. The molecule has 12 nitrogen and oxygen atoms in total. The molecule has 186 valence electrons. The summed E-state index contributed by atoms with van der Waals surface area (Å²) in [5.41, 5.74) is 1.19. The highest BCUT2D eigenvalue weighted by molar-refractivity contribution is 6.08. The summed E-state index contributed by atoms with van der Waals surface area (Å²) in [6.45, 7) is 6.37. The van der Waals surface area contributed by atoms with Gasteiger partial charge in [-0.25, -0.2) is 14.8 Å². The first kappa shape index (κ1) is 24.3. The molecule has 1 saturated heterocycles. The van der Waals surface area contributed by atoms with Gasteiger partial charge in [-0.05, 0) is 58.4 Å². The van der Waals surface area contributed by atoms with E-state index in [1.54, 1.807) is 13.0 Å². The summed E-state index contributed by atoms with van der Waals surface area (Å²) in [6.07, 6.45) is 2.75. The minimum atomic E-state index is -0.937. The SMILES string of the molecule is Cc1cc(C)nc(-n2nc(C)cc2NC(=O)COC(=O)CN2C(=O)NC3(CCC(C)CC3)C2=O)n1. The van der Waals surface area contributed by atoms with Crippen LogP contribution in [0.1, 0.15) is 49.7 Å². The molecule has 2 aromatic heterocycles. The number of aromatic nitrogens is 4. The second kappa shape index (κ2) is 9.43. The molecule has 1 spiro atoms. The molecule has 4 rings (SSSR count). The van der Waals surface area contributed by atoms with E-state index in [1.165, 1.54) is 4.68 Å². The third kappa shape index (κ3) is 5.15. The number of nitrogens with one attached hydrogen (secondary N) is 2. The normalized spacial score (nSPS) is 21.8. The number of imide groups is 1. The Balaban J connectivity index is 1.34. The van der Waals surface area contributed by atoms with E-state index in [-0.39, 0.29) is 0 Å². The number of hydrogen-bond donors (Lipinski definition) is 2. The van der Waals surface area contributed by atoms with E-state index in [2.05, 4.69) is 32.6 Å². The summed E-state index contributed by atoms with van der Waals surface area (Å²) in [5.74, 6) is -0.775. The zero-order valence-electron chi connectivity index (χ0n) is 20.3. The Labute approximate surface area is 202 Å². The second-order valence-electron chi connectivity index (χ2n) is 9.33. The first-order chi connectivity index (χ1) is 16.6. The predicted molar refractivity (Wildman–Crippen MR) is 124 cm³/mol. The van der Waals surface area contributed by atoms with E-state index in [0.29, 0.717) is 36.2 Å². The average molecular weight is 484 g/mol. The lowest BCUT2D eigenvalue weighted by molar-refractivity contribution is -0.150. The van der Waals surface area contributed by atoms with E-state index < -0.39 is 42.5 Å². The van der Waals surface area contributed by atoms with Crippen molar-refractivity contribution < 1.29 is 23.9 Å². The van der Waals surface area contributed by atoms with Gasteiger partial charge in [0.1, 0.15) is 17.9 Å². The molecule has 1 aliphatic heterocycles. The summed E-state index contributed by atoms with van der Waals surface area (Å²) < 4.78 is 6.43. The van der Waals surface area contributed by atoms with Crippen LogP contribution in [0.25, 0.3) is 5.95 Å². The monoisotopic (exact) mass is 483 g/mol. The van der Waals surface area contributed by atoms with Gasteiger partial charge in [-0.3, -0.25) is 19.3 Å². The Bertz CT molecular complexity index is 1160. The van der Waals surface area contributed by atoms with Crippen molar-refractivity contribution in [3.05, 3.63) is 29.2 Å². The maximum absolute atomic E-state index is 12.9. The molecule has 1 aliphatic carbocycles. The number of hydrogen-bond acceptors (Lipinski definition) is 8. The van der Waals surface area contributed by atoms with Crippen molar-refractivity contribution in [2.45, 2.75) is 58.9 Å². The number of ether oxygens (including phenoxy) is 1. The van der Waals surface area contributed by atoms with E-state index >= 15 is 0 Å². The lowest BCUT2D eigenvalue weighted by Crippen LogP contribution is -2.49. The van der Waals surface area contributed by atoms with E-state index in [4.69, 9.17) is 4.74 Å². The second-order valence-corrected chi connectivity index (χ2v) is 9.33. The van der Waals surface area contributed by atoms with Crippen molar-refractivity contribution in [2.24, 2.45) is 5.92 Å². The van der Waals surface area contributed by atoms with Crippen molar-refractivity contribution in [3.8, 4) is 5.95 Å². The summed E-state index contributed by atoms with van der Waals surface area (Å²) in [7, 11) is 0. The number of rotatable bonds is 6. The Kier molecular flexibility index (Phi) is 6.55. The summed E-state index contributed by atoms with van der Waals surface area (Å²) >= 11 is 0. The molecule has 2 fully saturated rings. The Morgan fingerprint density at radius 2 is 1.77 bits per heavy atom. The topological polar surface area (TPSA) is 148 Å². The van der Waals surface area contributed by atoms with E-state index in [9.17, 15) is 19.2 Å². The van der Waals surface area contributed by atoms with Crippen LogP contribution in [-0.4, -0.2) is 67.2 Å². The van der Waals surface area contributed by atoms with Gasteiger partial charge in [-0.15, -0.1) is 0 Å². The Morgan fingerprint density at radius 3 is 2.43 bits per heavy atom. The number of urea groups is 1. The summed E-state index contributed by atoms with van der Waals surface area (Å²) in [6, 6.07) is 2.84. The maximum atomic E-state index is 12.9. The number of carbonyl (C=O) groups is 4. The molecule has 12 heteroatoms. The van der Waals surface area contributed by atoms with Crippen molar-refractivity contribution in [1.82, 2.24) is 30.0 Å². The van der Waals surface area contributed by atoms with Gasteiger partial charge in [0.2, 0.25) is 0 Å². The zero-order chi connectivity index (χ0) is 25.3. The van der Waals surface area contributed by atoms with Gasteiger partial charge in [0.25, 0.3) is 17.8 Å². The molecule has 35 heavy (non-hydrogen) atoms. The molecule has 0 radical (unpaired) electrons. The number of esters is 1. The van der Waals surface area contributed by atoms with Crippen LogP contribution >= 0.6 is 0 Å². The van der Waals surface area contributed by atoms with Crippen LogP contribution in [0, 0.1) is 26.7 Å². The first-order valence-electron chi connectivity index (χ1n) is 11.6. The van der Waals surface area contributed by atoms with E-state index in [1.807, 2.05) is 19.9 Å². The standard InChI is InChI=1S/C23H29N7O5/c1-13-5-7-23(8-6-13)20(33)29(22(34)27-23)11-19(32)35-12-18(31)26-17-10-16(4)28-30(17)21-24-14(2)9-15(3)25-21/h9-10,13H,5-8,11-12H2,1-4H3,(H,26,31)(H,27,34). The molecule has 0 aromatic carbocycles. The number of amides is 4. The van der Waals surface area contributed by atoms with Gasteiger partial charge in [0, 0.05) is 17.5 Å². The molecule has 0 bridgehead atoms. The molecule has 2 aliphatic rings.